The summed E-state index contributed by atoms with van der Waals surface area (Å²) in [6.07, 6.45) is 64.1. The summed E-state index contributed by atoms with van der Waals surface area (Å²) in [6, 6.07) is -0.549. The highest BCUT2D eigenvalue weighted by Gasteiger charge is 2.20. The fraction of sp³-hybridized carbons (Fsp3) is 0.860. The van der Waals surface area contributed by atoms with Crippen LogP contribution in [0.3, 0.4) is 0 Å². The zero-order valence-electron chi connectivity index (χ0n) is 42.1. The van der Waals surface area contributed by atoms with Crippen LogP contribution in [0.2, 0.25) is 0 Å². The Bertz CT molecular complexity index is 1020. The Morgan fingerprint density at radius 2 is 0.794 bits per heavy atom. The minimum absolute atomic E-state index is 0.0237. The van der Waals surface area contributed by atoms with E-state index in [0.717, 1.165) is 70.6 Å². The van der Waals surface area contributed by atoms with E-state index in [1.807, 2.05) is 0 Å². The molecule has 0 aliphatic carbocycles. The van der Waals surface area contributed by atoms with Crippen molar-refractivity contribution in [3.8, 4) is 0 Å². The van der Waals surface area contributed by atoms with Crippen molar-refractivity contribution in [2.24, 2.45) is 0 Å². The third-order valence-electron chi connectivity index (χ3n) is 12.7. The van der Waals surface area contributed by atoms with Crippen LogP contribution in [0.4, 0.5) is 0 Å². The van der Waals surface area contributed by atoms with E-state index < -0.39 is 12.1 Å². The molecule has 0 aromatic heterocycles. The predicted molar refractivity (Wildman–Crippen MR) is 273 cm³/mol. The smallest absolute Gasteiger partial charge is 0.305 e. The molecular formula is C57H107NO5. The Hall–Kier alpha value is -1.92. The number of aliphatic hydroxyl groups is 2. The van der Waals surface area contributed by atoms with Crippen molar-refractivity contribution in [1.82, 2.24) is 5.32 Å². The maximum atomic E-state index is 12.5. The van der Waals surface area contributed by atoms with Gasteiger partial charge in [-0.05, 0) is 83.5 Å². The second-order valence-electron chi connectivity index (χ2n) is 18.9. The Kier molecular flexibility index (Phi) is 51.1. The second-order valence-corrected chi connectivity index (χ2v) is 18.9. The second kappa shape index (κ2) is 52.7. The van der Waals surface area contributed by atoms with Crippen LogP contribution < -0.4 is 5.32 Å². The van der Waals surface area contributed by atoms with Gasteiger partial charge in [0.05, 0.1) is 25.4 Å². The van der Waals surface area contributed by atoms with Crippen LogP contribution in [0.5, 0.6) is 0 Å². The fourth-order valence-electron chi connectivity index (χ4n) is 8.39. The summed E-state index contributed by atoms with van der Waals surface area (Å²) < 4.78 is 5.43. The third kappa shape index (κ3) is 49.4. The molecule has 0 aliphatic rings. The zero-order valence-corrected chi connectivity index (χ0v) is 42.1. The number of rotatable bonds is 51. The molecule has 0 aliphatic heterocycles. The summed E-state index contributed by atoms with van der Waals surface area (Å²) in [4.78, 5) is 24.4. The summed E-state index contributed by atoms with van der Waals surface area (Å²) in [6.45, 7) is 4.89. The topological polar surface area (TPSA) is 95.9 Å². The van der Waals surface area contributed by atoms with Gasteiger partial charge in [0.1, 0.15) is 0 Å². The molecule has 0 radical (unpaired) electrons. The molecule has 0 rings (SSSR count). The van der Waals surface area contributed by atoms with E-state index in [-0.39, 0.29) is 18.5 Å². The Morgan fingerprint density at radius 3 is 1.25 bits per heavy atom. The van der Waals surface area contributed by atoms with Crippen molar-refractivity contribution in [2.75, 3.05) is 13.2 Å². The number of ether oxygens (including phenoxy) is 1. The highest BCUT2D eigenvalue weighted by Crippen LogP contribution is 2.16. The first-order chi connectivity index (χ1) is 31.0. The number of unbranched alkanes of at least 4 members (excludes halogenated alkanes) is 35. The molecule has 0 bridgehead atoms. The van der Waals surface area contributed by atoms with E-state index in [4.69, 9.17) is 4.74 Å². The average Bonchev–Trinajstić information content (AvgIpc) is 3.28. The molecule has 0 spiro atoms. The van der Waals surface area contributed by atoms with Gasteiger partial charge in [0.15, 0.2) is 0 Å². The number of aliphatic hydroxyl groups excluding tert-OH is 2. The molecule has 2 atom stereocenters. The number of nitrogens with one attached hydrogen (secondary N) is 1. The van der Waals surface area contributed by atoms with Crippen molar-refractivity contribution >= 4 is 11.9 Å². The van der Waals surface area contributed by atoms with E-state index in [2.05, 4.69) is 55.6 Å². The lowest BCUT2D eigenvalue weighted by atomic mass is 10.0. The van der Waals surface area contributed by atoms with Gasteiger partial charge in [-0.15, -0.1) is 0 Å². The molecule has 370 valence electrons. The number of hydrogen-bond acceptors (Lipinski definition) is 5. The molecule has 0 aromatic carbocycles. The molecule has 0 heterocycles. The van der Waals surface area contributed by atoms with E-state index in [1.54, 1.807) is 0 Å². The molecule has 0 saturated heterocycles. The first kappa shape index (κ1) is 61.1. The zero-order chi connectivity index (χ0) is 45.8. The Labute approximate surface area is 392 Å². The number of allylic oxidation sites excluding steroid dienone is 6. The number of carbonyl (C=O) groups excluding carboxylic acids is 2. The van der Waals surface area contributed by atoms with Crippen molar-refractivity contribution in [1.29, 1.82) is 0 Å². The van der Waals surface area contributed by atoms with Gasteiger partial charge in [-0.1, -0.05) is 230 Å². The highest BCUT2D eigenvalue weighted by atomic mass is 16.5. The first-order valence-corrected chi connectivity index (χ1v) is 27.8. The summed E-state index contributed by atoms with van der Waals surface area (Å²) in [7, 11) is 0. The largest absolute Gasteiger partial charge is 0.466 e. The van der Waals surface area contributed by atoms with Crippen LogP contribution in [0.1, 0.15) is 290 Å². The molecule has 63 heavy (non-hydrogen) atoms. The van der Waals surface area contributed by atoms with Crippen LogP contribution in [-0.4, -0.2) is 47.4 Å². The monoisotopic (exact) mass is 886 g/mol. The van der Waals surface area contributed by atoms with Gasteiger partial charge in [-0.3, -0.25) is 9.59 Å². The van der Waals surface area contributed by atoms with Gasteiger partial charge in [0.25, 0.3) is 0 Å². The lowest BCUT2D eigenvalue weighted by Gasteiger charge is -2.22. The minimum Gasteiger partial charge on any atom is -0.466 e. The quantitative estimate of drug-likeness (QED) is 0.0245. The standard InChI is InChI=1S/C57H107NO5/c1-3-5-7-9-11-13-15-17-23-26-29-33-37-41-45-49-55(60)54(53-59)58-56(61)50-46-42-38-34-30-27-24-21-19-18-20-22-25-28-32-36-40-44-48-52-63-57(62)51-47-43-39-35-31-16-14-12-10-8-6-4-2/h12,14,22,25,28,32,54-55,59-60H,3-11,13,15-21,23-24,26-27,29-31,33-53H2,1-2H3,(H,58,61)/b14-12-,25-22-,32-28-. The molecule has 0 saturated carbocycles. The number of carbonyl (C=O) groups is 2. The number of esters is 1. The molecule has 1 amide bonds. The van der Waals surface area contributed by atoms with Gasteiger partial charge in [0, 0.05) is 12.8 Å². The number of amides is 1. The van der Waals surface area contributed by atoms with Crippen molar-refractivity contribution in [3.05, 3.63) is 36.5 Å². The maximum Gasteiger partial charge on any atom is 0.305 e. The van der Waals surface area contributed by atoms with E-state index in [0.29, 0.717) is 25.9 Å². The molecular weight excluding hydrogens is 779 g/mol. The average molecular weight is 886 g/mol. The van der Waals surface area contributed by atoms with Crippen LogP contribution >= 0.6 is 0 Å². The van der Waals surface area contributed by atoms with E-state index in [1.165, 1.54) is 186 Å². The maximum absolute atomic E-state index is 12.5. The molecule has 2 unspecified atom stereocenters. The van der Waals surface area contributed by atoms with Gasteiger partial charge < -0.3 is 20.3 Å². The van der Waals surface area contributed by atoms with E-state index in [9.17, 15) is 19.8 Å². The van der Waals surface area contributed by atoms with Gasteiger partial charge in [0.2, 0.25) is 5.91 Å². The summed E-state index contributed by atoms with van der Waals surface area (Å²) in [5, 5.41) is 23.2. The lowest BCUT2D eigenvalue weighted by molar-refractivity contribution is -0.143. The van der Waals surface area contributed by atoms with Crippen LogP contribution in [-0.2, 0) is 14.3 Å². The predicted octanol–water partition coefficient (Wildman–Crippen LogP) is 16.9. The summed E-state index contributed by atoms with van der Waals surface area (Å²) in [5.74, 6) is -0.0683. The number of hydrogen-bond donors (Lipinski definition) is 3. The van der Waals surface area contributed by atoms with Crippen molar-refractivity contribution < 1.29 is 24.5 Å². The third-order valence-corrected chi connectivity index (χ3v) is 12.7. The van der Waals surface area contributed by atoms with Crippen molar-refractivity contribution in [2.45, 2.75) is 302 Å². The first-order valence-electron chi connectivity index (χ1n) is 27.8. The molecule has 6 nitrogen and oxygen atoms in total. The fourth-order valence-corrected chi connectivity index (χ4v) is 8.39. The SMILES string of the molecule is CCCCC/C=C\CCCCCCCC(=O)OCCCCC/C=C\C=C/CCCCCCCCCCCCC(=O)NC(CO)C(O)CCCCCCCCCCCCCCCCC. The molecule has 0 fully saturated rings. The Balaban J connectivity index is 3.49. The van der Waals surface area contributed by atoms with Crippen LogP contribution in [0, 0.1) is 0 Å². The molecule has 0 aromatic rings. The van der Waals surface area contributed by atoms with Crippen LogP contribution in [0.15, 0.2) is 36.5 Å². The lowest BCUT2D eigenvalue weighted by Crippen LogP contribution is -2.45. The minimum atomic E-state index is -0.671. The summed E-state index contributed by atoms with van der Waals surface area (Å²) in [5.41, 5.74) is 0. The molecule has 3 N–H and O–H groups in total. The van der Waals surface area contributed by atoms with Gasteiger partial charge in [-0.2, -0.15) is 0 Å². The van der Waals surface area contributed by atoms with Crippen molar-refractivity contribution in [3.63, 3.8) is 0 Å². The van der Waals surface area contributed by atoms with Gasteiger partial charge in [-0.25, -0.2) is 0 Å². The van der Waals surface area contributed by atoms with Crippen LogP contribution in [0.25, 0.3) is 0 Å². The van der Waals surface area contributed by atoms with E-state index >= 15 is 0 Å². The highest BCUT2D eigenvalue weighted by molar-refractivity contribution is 5.76. The summed E-state index contributed by atoms with van der Waals surface area (Å²) >= 11 is 0. The Morgan fingerprint density at radius 1 is 0.444 bits per heavy atom. The molecule has 6 heteroatoms. The van der Waals surface area contributed by atoms with Gasteiger partial charge >= 0.3 is 5.97 Å². The normalized spacial score (nSPS) is 12.9.